The summed E-state index contributed by atoms with van der Waals surface area (Å²) >= 11 is 5.62. The minimum Gasteiger partial charge on any atom is -0.495 e. The summed E-state index contributed by atoms with van der Waals surface area (Å²) in [6.07, 6.45) is 1.78. The topological polar surface area (TPSA) is 22.1 Å². The van der Waals surface area contributed by atoms with Gasteiger partial charge in [0.05, 0.1) is 18.7 Å². The first-order valence-corrected chi connectivity index (χ1v) is 3.87. The van der Waals surface area contributed by atoms with Gasteiger partial charge in [0.15, 0.2) is 0 Å². The van der Waals surface area contributed by atoms with Crippen LogP contribution in [-0.4, -0.2) is 12.1 Å². The zero-order valence-corrected chi connectivity index (χ0v) is 8.58. The highest BCUT2D eigenvalue weighted by atomic mass is 35.5. The van der Waals surface area contributed by atoms with Crippen molar-refractivity contribution in [3.63, 3.8) is 0 Å². The molecule has 0 radical (unpaired) electrons. The first kappa shape index (κ1) is 11.5. The van der Waals surface area contributed by atoms with E-state index < -0.39 is 0 Å². The van der Waals surface area contributed by atoms with Crippen LogP contribution in [-0.2, 0) is 5.88 Å². The minimum absolute atomic E-state index is 0. The summed E-state index contributed by atoms with van der Waals surface area (Å²) in [6.45, 7) is 1.97. The van der Waals surface area contributed by atoms with Crippen molar-refractivity contribution in [2.75, 3.05) is 7.11 Å². The lowest BCUT2D eigenvalue weighted by Crippen LogP contribution is -1.93. The molecule has 0 saturated carbocycles. The van der Waals surface area contributed by atoms with Crippen LogP contribution in [0.25, 0.3) is 0 Å². The van der Waals surface area contributed by atoms with Gasteiger partial charge in [-0.1, -0.05) is 0 Å². The number of rotatable bonds is 2. The molecule has 1 aromatic rings. The number of nitrogens with zero attached hydrogens (tertiary/aromatic N) is 1. The number of aromatic nitrogens is 1. The second-order valence-electron chi connectivity index (χ2n) is 2.30. The third-order valence-electron chi connectivity index (χ3n) is 1.41. The van der Waals surface area contributed by atoms with Crippen LogP contribution >= 0.6 is 24.0 Å². The van der Waals surface area contributed by atoms with E-state index in [9.17, 15) is 0 Å². The maximum Gasteiger partial charge on any atom is 0.141 e. The average molecular weight is 208 g/mol. The number of methoxy groups -OCH3 is 1. The molecule has 0 N–H and O–H groups in total. The Balaban J connectivity index is 0.00000121. The Morgan fingerprint density at radius 3 is 2.75 bits per heavy atom. The zero-order chi connectivity index (χ0) is 8.27. The number of pyridine rings is 1. The highest BCUT2D eigenvalue weighted by molar-refractivity contribution is 6.17. The molecule has 0 unspecified atom stereocenters. The van der Waals surface area contributed by atoms with Gasteiger partial charge in [0.2, 0.25) is 0 Å². The molecule has 12 heavy (non-hydrogen) atoms. The molecule has 0 fully saturated rings. The summed E-state index contributed by atoms with van der Waals surface area (Å²) in [5.74, 6) is 1.16. The summed E-state index contributed by atoms with van der Waals surface area (Å²) in [7, 11) is 1.62. The molecular weight excluding hydrogens is 197 g/mol. The maximum atomic E-state index is 5.62. The van der Waals surface area contributed by atoms with Gasteiger partial charge < -0.3 is 4.74 Å². The van der Waals surface area contributed by atoms with Crippen LogP contribution in [0.2, 0.25) is 0 Å². The van der Waals surface area contributed by atoms with Gasteiger partial charge in [0, 0.05) is 6.20 Å². The molecule has 0 saturated heterocycles. The smallest absolute Gasteiger partial charge is 0.141 e. The van der Waals surface area contributed by atoms with Crippen molar-refractivity contribution >= 4 is 24.0 Å². The first-order valence-electron chi connectivity index (χ1n) is 3.33. The fraction of sp³-hybridized carbons (Fsp3) is 0.375. The van der Waals surface area contributed by atoms with Gasteiger partial charge >= 0.3 is 0 Å². The van der Waals surface area contributed by atoms with E-state index in [1.807, 2.05) is 13.0 Å². The Bertz CT molecular complexity index is 253. The van der Waals surface area contributed by atoms with E-state index in [0.29, 0.717) is 5.88 Å². The molecule has 0 spiro atoms. The number of hydrogen-bond donors (Lipinski definition) is 0. The first-order chi connectivity index (χ1) is 5.27. The maximum absolute atomic E-state index is 5.62. The molecular formula is C8H11Cl2NO. The van der Waals surface area contributed by atoms with Crippen molar-refractivity contribution < 1.29 is 4.74 Å². The molecule has 1 rings (SSSR count). The number of alkyl halides is 1. The molecule has 4 heteroatoms. The van der Waals surface area contributed by atoms with Crippen LogP contribution in [0.5, 0.6) is 5.75 Å². The third-order valence-corrected chi connectivity index (χ3v) is 1.67. The van der Waals surface area contributed by atoms with Crippen LogP contribution in [0.15, 0.2) is 12.3 Å². The lowest BCUT2D eigenvalue weighted by Gasteiger charge is -2.04. The van der Waals surface area contributed by atoms with Crippen molar-refractivity contribution in [2.45, 2.75) is 12.8 Å². The van der Waals surface area contributed by atoms with Crippen molar-refractivity contribution in [2.24, 2.45) is 0 Å². The minimum atomic E-state index is 0. The molecule has 0 bridgehead atoms. The normalized spacial score (nSPS) is 8.92. The third kappa shape index (κ3) is 2.54. The van der Waals surface area contributed by atoms with Crippen molar-refractivity contribution in [3.05, 3.63) is 23.5 Å². The molecule has 1 aromatic heterocycles. The second kappa shape index (κ2) is 5.22. The monoisotopic (exact) mass is 207 g/mol. The van der Waals surface area contributed by atoms with E-state index in [1.54, 1.807) is 13.3 Å². The van der Waals surface area contributed by atoms with E-state index in [4.69, 9.17) is 16.3 Å². The number of ether oxygens (including phenoxy) is 1. The predicted octanol–water partition coefficient (Wildman–Crippen LogP) is 2.56. The average Bonchev–Trinajstić information content (AvgIpc) is 2.04. The largest absolute Gasteiger partial charge is 0.495 e. The van der Waals surface area contributed by atoms with Crippen molar-refractivity contribution in [1.82, 2.24) is 4.98 Å². The molecule has 0 aromatic carbocycles. The van der Waals surface area contributed by atoms with Gasteiger partial charge in [-0.05, 0) is 18.6 Å². The van der Waals surface area contributed by atoms with Crippen molar-refractivity contribution in [1.29, 1.82) is 0 Å². The van der Waals surface area contributed by atoms with Crippen molar-refractivity contribution in [3.8, 4) is 5.75 Å². The highest BCUT2D eigenvalue weighted by Crippen LogP contribution is 2.18. The van der Waals surface area contributed by atoms with Crippen LogP contribution in [0.1, 0.15) is 11.3 Å². The molecule has 0 aliphatic carbocycles. The summed E-state index contributed by atoms with van der Waals surface area (Å²) in [6, 6.07) is 1.92. The van der Waals surface area contributed by atoms with Gasteiger partial charge in [-0.15, -0.1) is 24.0 Å². The van der Waals surface area contributed by atoms with E-state index in [-0.39, 0.29) is 12.4 Å². The van der Waals surface area contributed by atoms with E-state index >= 15 is 0 Å². The number of hydrogen-bond acceptors (Lipinski definition) is 2. The lowest BCUT2D eigenvalue weighted by atomic mass is 10.2. The van der Waals surface area contributed by atoms with Crippen LogP contribution < -0.4 is 4.74 Å². The SMILES string of the molecule is COc1cc(C)cnc1CCl.Cl. The number of halogens is 2. The van der Waals surface area contributed by atoms with Gasteiger partial charge in [-0.3, -0.25) is 4.98 Å². The second-order valence-corrected chi connectivity index (χ2v) is 2.56. The summed E-state index contributed by atoms with van der Waals surface area (Å²) in [4.78, 5) is 4.11. The van der Waals surface area contributed by atoms with E-state index in [2.05, 4.69) is 4.98 Å². The van der Waals surface area contributed by atoms with E-state index in [1.165, 1.54) is 0 Å². The standard InChI is InChI=1S/C8H10ClNO.ClH/c1-6-3-8(11-2)7(4-9)10-5-6;/h3,5H,4H2,1-2H3;1H. The molecule has 0 amide bonds. The van der Waals surface area contributed by atoms with Gasteiger partial charge in [0.25, 0.3) is 0 Å². The Kier molecular flexibility index (Phi) is 5.02. The molecule has 68 valence electrons. The summed E-state index contributed by atoms with van der Waals surface area (Å²) in [5, 5.41) is 0. The van der Waals surface area contributed by atoms with Crippen LogP contribution in [0, 0.1) is 6.92 Å². The predicted molar refractivity (Wildman–Crippen MR) is 52.3 cm³/mol. The van der Waals surface area contributed by atoms with Gasteiger partial charge in [-0.2, -0.15) is 0 Å². The Hall–Kier alpha value is -0.470. The lowest BCUT2D eigenvalue weighted by molar-refractivity contribution is 0.408. The molecule has 2 nitrogen and oxygen atoms in total. The Morgan fingerprint density at radius 2 is 2.25 bits per heavy atom. The summed E-state index contributed by atoms with van der Waals surface area (Å²) in [5.41, 5.74) is 1.87. The quantitative estimate of drug-likeness (QED) is 0.696. The Morgan fingerprint density at radius 1 is 1.58 bits per heavy atom. The van der Waals surface area contributed by atoms with E-state index in [0.717, 1.165) is 17.0 Å². The molecule has 1 heterocycles. The highest BCUT2D eigenvalue weighted by Gasteiger charge is 2.01. The van der Waals surface area contributed by atoms with Crippen LogP contribution in [0.3, 0.4) is 0 Å². The number of aryl methyl sites for hydroxylation is 1. The molecule has 0 atom stereocenters. The van der Waals surface area contributed by atoms with Gasteiger partial charge in [-0.25, -0.2) is 0 Å². The molecule has 0 aliphatic rings. The zero-order valence-electron chi connectivity index (χ0n) is 7.00. The Labute approximate surface area is 83.3 Å². The van der Waals surface area contributed by atoms with Gasteiger partial charge in [0.1, 0.15) is 5.75 Å². The molecule has 0 aliphatic heterocycles. The fourth-order valence-corrected chi connectivity index (χ4v) is 1.05. The summed E-state index contributed by atoms with van der Waals surface area (Å²) < 4.78 is 5.07. The fourth-order valence-electron chi connectivity index (χ4n) is 0.848. The van der Waals surface area contributed by atoms with Crippen LogP contribution in [0.4, 0.5) is 0 Å².